The summed E-state index contributed by atoms with van der Waals surface area (Å²) >= 11 is 0. The summed E-state index contributed by atoms with van der Waals surface area (Å²) in [7, 11) is 3.52. The molecule has 1 aromatic carbocycles. The van der Waals surface area contributed by atoms with Gasteiger partial charge in [0.05, 0.1) is 5.60 Å². The van der Waals surface area contributed by atoms with Crippen molar-refractivity contribution in [3.8, 4) is 0 Å². The zero-order valence-electron chi connectivity index (χ0n) is 15.6. The van der Waals surface area contributed by atoms with Crippen LogP contribution in [-0.2, 0) is 0 Å². The maximum atomic E-state index is 12.9. The third kappa shape index (κ3) is 4.24. The summed E-state index contributed by atoms with van der Waals surface area (Å²) in [6.07, 6.45) is 5.45. The lowest BCUT2D eigenvalue weighted by Crippen LogP contribution is -2.61. The van der Waals surface area contributed by atoms with Crippen LogP contribution >= 0.6 is 0 Å². The lowest BCUT2D eigenvalue weighted by atomic mass is 9.75. The van der Waals surface area contributed by atoms with E-state index in [0.717, 1.165) is 31.6 Å². The van der Waals surface area contributed by atoms with Crippen molar-refractivity contribution in [2.45, 2.75) is 18.4 Å². The first-order chi connectivity index (χ1) is 12.4. The smallest absolute Gasteiger partial charge is 0.319 e. The Morgan fingerprint density at radius 2 is 1.96 bits per heavy atom. The van der Waals surface area contributed by atoms with Crippen molar-refractivity contribution in [1.29, 1.82) is 0 Å². The van der Waals surface area contributed by atoms with E-state index in [9.17, 15) is 14.3 Å². The third-order valence-electron chi connectivity index (χ3n) is 5.55. The molecule has 0 bridgehead atoms. The second kappa shape index (κ2) is 7.76. The molecule has 26 heavy (non-hydrogen) atoms. The minimum atomic E-state index is -0.653. The minimum Gasteiger partial charge on any atom is -0.389 e. The highest BCUT2D eigenvalue weighted by Gasteiger charge is 2.45. The topological polar surface area (TPSA) is 47.0 Å². The Morgan fingerprint density at radius 1 is 1.27 bits per heavy atom. The molecular weight excluding hydrogens is 333 g/mol. The average molecular weight is 361 g/mol. The minimum absolute atomic E-state index is 0.0142. The van der Waals surface area contributed by atoms with Gasteiger partial charge < -0.3 is 14.9 Å². The van der Waals surface area contributed by atoms with Gasteiger partial charge >= 0.3 is 6.03 Å². The van der Waals surface area contributed by atoms with Crippen LogP contribution in [-0.4, -0.2) is 78.3 Å². The van der Waals surface area contributed by atoms with Crippen LogP contribution < -0.4 is 0 Å². The second-order valence-electron chi connectivity index (χ2n) is 7.64. The number of amides is 2. The van der Waals surface area contributed by atoms with Crippen LogP contribution in [0.4, 0.5) is 9.18 Å². The molecule has 6 heteroatoms. The lowest BCUT2D eigenvalue weighted by molar-refractivity contribution is -0.105. The molecule has 0 aromatic heterocycles. The van der Waals surface area contributed by atoms with E-state index in [2.05, 4.69) is 11.0 Å². The molecule has 0 saturated carbocycles. The van der Waals surface area contributed by atoms with E-state index in [4.69, 9.17) is 0 Å². The number of aliphatic hydroxyl groups is 1. The number of halogens is 1. The van der Waals surface area contributed by atoms with E-state index in [1.807, 2.05) is 11.0 Å². The molecule has 0 spiro atoms. The highest BCUT2D eigenvalue weighted by molar-refractivity contribution is 5.74. The van der Waals surface area contributed by atoms with Crippen LogP contribution in [0.3, 0.4) is 0 Å². The largest absolute Gasteiger partial charge is 0.389 e. The van der Waals surface area contributed by atoms with Gasteiger partial charge in [-0.2, -0.15) is 0 Å². The summed E-state index contributed by atoms with van der Waals surface area (Å²) in [6.45, 7) is 3.63. The predicted molar refractivity (Wildman–Crippen MR) is 100 cm³/mol. The molecular formula is C20H28FN3O2. The van der Waals surface area contributed by atoms with Crippen molar-refractivity contribution >= 4 is 12.1 Å². The Bertz CT molecular complexity index is 662. The first kappa shape index (κ1) is 18.9. The van der Waals surface area contributed by atoms with Gasteiger partial charge in [-0.05, 0) is 30.5 Å². The molecule has 2 atom stereocenters. The maximum absolute atomic E-state index is 12.9. The zero-order chi connectivity index (χ0) is 18.7. The Hall–Kier alpha value is -1.92. The molecule has 1 aromatic rings. The number of benzene rings is 1. The fourth-order valence-corrected chi connectivity index (χ4v) is 3.91. The van der Waals surface area contributed by atoms with E-state index in [1.54, 1.807) is 31.1 Å². The van der Waals surface area contributed by atoms with E-state index >= 15 is 0 Å². The molecule has 3 rings (SSSR count). The number of likely N-dealkylation sites (tertiary alicyclic amines) is 2. The molecule has 2 aliphatic heterocycles. The van der Waals surface area contributed by atoms with Gasteiger partial charge in [0, 0.05) is 52.7 Å². The van der Waals surface area contributed by atoms with Gasteiger partial charge in [-0.25, -0.2) is 9.18 Å². The molecule has 0 aliphatic carbocycles. The maximum Gasteiger partial charge on any atom is 0.319 e. The molecule has 5 nitrogen and oxygen atoms in total. The molecule has 142 valence electrons. The third-order valence-corrected chi connectivity index (χ3v) is 5.55. The van der Waals surface area contributed by atoms with Crippen LogP contribution in [0, 0.1) is 11.7 Å². The van der Waals surface area contributed by atoms with Crippen LogP contribution in [0.2, 0.25) is 0 Å². The average Bonchev–Trinajstić information content (AvgIpc) is 2.62. The molecule has 2 aliphatic rings. The van der Waals surface area contributed by atoms with Crippen molar-refractivity contribution in [3.63, 3.8) is 0 Å². The van der Waals surface area contributed by atoms with E-state index in [-0.39, 0.29) is 17.8 Å². The number of rotatable bonds is 3. The van der Waals surface area contributed by atoms with Crippen molar-refractivity contribution in [1.82, 2.24) is 14.7 Å². The second-order valence-corrected chi connectivity index (χ2v) is 7.64. The number of carbonyl (C=O) groups is 1. The molecule has 2 amide bonds. The number of nitrogens with zero attached hydrogens (tertiary/aromatic N) is 3. The molecule has 1 N–H and O–H groups in total. The monoisotopic (exact) mass is 361 g/mol. The predicted octanol–water partition coefficient (Wildman–Crippen LogP) is 2.28. The van der Waals surface area contributed by atoms with Gasteiger partial charge in [0.25, 0.3) is 0 Å². The van der Waals surface area contributed by atoms with Gasteiger partial charge in [-0.3, -0.25) is 4.90 Å². The standard InChI is InChI=1S/C20H28FN3O2/c1-22(2)19(25)24-13-10-20(26)9-12-23(14-17(20)15-24)11-3-4-16-5-7-18(21)8-6-16/h3-8,17,26H,9-15H2,1-2H3. The number of hydrogen-bond donors (Lipinski definition) is 1. The summed E-state index contributed by atoms with van der Waals surface area (Å²) in [5, 5.41) is 10.9. The van der Waals surface area contributed by atoms with Gasteiger partial charge in [-0.15, -0.1) is 0 Å². The molecule has 2 saturated heterocycles. The SMILES string of the molecule is CN(C)C(=O)N1CCC2(O)CCN(CC=Cc3ccc(F)cc3)CC2C1. The Morgan fingerprint density at radius 3 is 2.65 bits per heavy atom. The van der Waals surface area contributed by atoms with E-state index in [1.165, 1.54) is 12.1 Å². The van der Waals surface area contributed by atoms with Crippen molar-refractivity contribution in [2.75, 3.05) is 46.8 Å². The van der Waals surface area contributed by atoms with Gasteiger partial charge in [0.2, 0.25) is 0 Å². The fourth-order valence-electron chi connectivity index (χ4n) is 3.91. The van der Waals surface area contributed by atoms with Crippen molar-refractivity contribution < 1.29 is 14.3 Å². The van der Waals surface area contributed by atoms with Crippen LogP contribution in [0.15, 0.2) is 30.3 Å². The number of fused-ring (bicyclic) bond motifs is 1. The summed E-state index contributed by atoms with van der Waals surface area (Å²) in [5.41, 5.74) is 0.320. The van der Waals surface area contributed by atoms with Gasteiger partial charge in [0.1, 0.15) is 5.82 Å². The first-order valence-corrected chi connectivity index (χ1v) is 9.20. The lowest BCUT2D eigenvalue weighted by Gasteiger charge is -2.50. The number of urea groups is 1. The van der Waals surface area contributed by atoms with Crippen molar-refractivity contribution in [2.24, 2.45) is 5.92 Å². The molecule has 2 fully saturated rings. The quantitative estimate of drug-likeness (QED) is 0.899. The van der Waals surface area contributed by atoms with Gasteiger partial charge in [0.15, 0.2) is 0 Å². The first-order valence-electron chi connectivity index (χ1n) is 9.20. The number of hydrogen-bond acceptors (Lipinski definition) is 3. The van der Waals surface area contributed by atoms with E-state index in [0.29, 0.717) is 19.5 Å². The highest BCUT2D eigenvalue weighted by Crippen LogP contribution is 2.35. The molecule has 2 heterocycles. The summed E-state index contributed by atoms with van der Waals surface area (Å²) in [4.78, 5) is 18.0. The Kier molecular flexibility index (Phi) is 5.63. The Balaban J connectivity index is 1.57. The van der Waals surface area contributed by atoms with Crippen LogP contribution in [0.5, 0.6) is 0 Å². The van der Waals surface area contributed by atoms with Crippen LogP contribution in [0.1, 0.15) is 18.4 Å². The highest BCUT2D eigenvalue weighted by atomic mass is 19.1. The fraction of sp³-hybridized carbons (Fsp3) is 0.550. The molecule has 0 radical (unpaired) electrons. The number of carbonyl (C=O) groups excluding carboxylic acids is 1. The number of piperidine rings is 2. The zero-order valence-corrected chi connectivity index (χ0v) is 15.6. The van der Waals surface area contributed by atoms with Crippen LogP contribution in [0.25, 0.3) is 6.08 Å². The Labute approximate surface area is 154 Å². The summed E-state index contributed by atoms with van der Waals surface area (Å²) in [6, 6.07) is 6.44. The van der Waals surface area contributed by atoms with E-state index < -0.39 is 5.60 Å². The normalized spacial score (nSPS) is 26.8. The summed E-state index contributed by atoms with van der Waals surface area (Å²) < 4.78 is 12.9. The van der Waals surface area contributed by atoms with Gasteiger partial charge in [-0.1, -0.05) is 24.3 Å². The van der Waals surface area contributed by atoms with Crippen molar-refractivity contribution in [3.05, 3.63) is 41.7 Å². The summed E-state index contributed by atoms with van der Waals surface area (Å²) in [5.74, 6) is -0.153. The molecule has 2 unspecified atom stereocenters.